The van der Waals surface area contributed by atoms with E-state index in [0.717, 1.165) is 11.3 Å². The van der Waals surface area contributed by atoms with Gasteiger partial charge in [-0.15, -0.1) is 0 Å². The number of amides is 2. The average Bonchev–Trinajstić information content (AvgIpc) is 2.62. The van der Waals surface area contributed by atoms with E-state index in [4.69, 9.17) is 0 Å². The van der Waals surface area contributed by atoms with Gasteiger partial charge in [-0.3, -0.25) is 9.59 Å². The van der Waals surface area contributed by atoms with Crippen LogP contribution in [0.4, 0.5) is 5.69 Å². The Labute approximate surface area is 161 Å². The third-order valence-corrected chi connectivity index (χ3v) is 4.26. The first kappa shape index (κ1) is 19.7. The molecule has 0 heterocycles. The third-order valence-electron chi connectivity index (χ3n) is 3.57. The van der Waals surface area contributed by atoms with Crippen LogP contribution in [0.5, 0.6) is 0 Å². The van der Waals surface area contributed by atoms with Gasteiger partial charge < -0.3 is 10.2 Å². The summed E-state index contributed by atoms with van der Waals surface area (Å²) < 4.78 is 0.715. The average molecular weight is 417 g/mol. The number of nitrogens with one attached hydrogen (secondary N) is 2. The molecule has 6 nitrogen and oxygen atoms in total. The lowest BCUT2D eigenvalue weighted by atomic mass is 10.2. The van der Waals surface area contributed by atoms with Crippen molar-refractivity contribution in [3.63, 3.8) is 0 Å². The largest absolute Gasteiger partial charge is 0.378 e. The Morgan fingerprint density at radius 3 is 2.46 bits per heavy atom. The summed E-state index contributed by atoms with van der Waals surface area (Å²) in [6.45, 7) is 0.235. The molecule has 0 aliphatic heterocycles. The molecule has 136 valence electrons. The molecule has 0 atom stereocenters. The molecule has 2 aromatic rings. The van der Waals surface area contributed by atoms with E-state index < -0.39 is 0 Å². The lowest BCUT2D eigenvalue weighted by Gasteiger charge is -2.11. The van der Waals surface area contributed by atoms with Crippen molar-refractivity contribution in [3.05, 3.63) is 64.1 Å². The van der Waals surface area contributed by atoms with E-state index in [1.54, 1.807) is 24.4 Å². The first-order valence-electron chi connectivity index (χ1n) is 8.09. The molecule has 0 spiro atoms. The highest BCUT2D eigenvalue weighted by molar-refractivity contribution is 9.10. The van der Waals surface area contributed by atoms with Crippen molar-refractivity contribution >= 4 is 39.6 Å². The molecular formula is C19H21BrN4O2. The zero-order valence-corrected chi connectivity index (χ0v) is 16.3. The summed E-state index contributed by atoms with van der Waals surface area (Å²) in [5.74, 6) is -0.492. The second-order valence-electron chi connectivity index (χ2n) is 5.76. The predicted molar refractivity (Wildman–Crippen MR) is 108 cm³/mol. The van der Waals surface area contributed by atoms with E-state index in [9.17, 15) is 9.59 Å². The fourth-order valence-electron chi connectivity index (χ4n) is 2.12. The van der Waals surface area contributed by atoms with E-state index in [2.05, 4.69) is 31.8 Å². The van der Waals surface area contributed by atoms with Crippen molar-refractivity contribution in [1.29, 1.82) is 0 Å². The number of anilines is 1. The minimum absolute atomic E-state index is 0.146. The summed E-state index contributed by atoms with van der Waals surface area (Å²) in [4.78, 5) is 25.8. The monoisotopic (exact) mass is 416 g/mol. The van der Waals surface area contributed by atoms with Crippen molar-refractivity contribution in [3.8, 4) is 0 Å². The van der Waals surface area contributed by atoms with Crippen LogP contribution in [0.2, 0.25) is 0 Å². The molecule has 2 aromatic carbocycles. The molecule has 26 heavy (non-hydrogen) atoms. The van der Waals surface area contributed by atoms with Crippen LogP contribution in [-0.2, 0) is 4.79 Å². The summed E-state index contributed by atoms with van der Waals surface area (Å²) in [7, 11) is 3.94. The predicted octanol–water partition coefficient (Wildman–Crippen LogP) is 2.79. The summed E-state index contributed by atoms with van der Waals surface area (Å²) in [6.07, 6.45) is 1.73. The van der Waals surface area contributed by atoms with Gasteiger partial charge in [0.1, 0.15) is 0 Å². The Hall–Kier alpha value is -2.67. The number of carbonyl (C=O) groups excluding carboxylic acids is 2. The van der Waals surface area contributed by atoms with Crippen molar-refractivity contribution in [2.75, 3.05) is 25.5 Å². The van der Waals surface area contributed by atoms with Crippen LogP contribution in [0, 0.1) is 0 Å². The molecule has 0 aliphatic carbocycles. The molecule has 2 amide bonds. The first-order chi connectivity index (χ1) is 12.5. The van der Waals surface area contributed by atoms with Crippen LogP contribution in [-0.4, -0.2) is 38.7 Å². The zero-order chi connectivity index (χ0) is 18.9. The fourth-order valence-corrected chi connectivity index (χ4v) is 2.59. The number of benzene rings is 2. The van der Waals surface area contributed by atoms with Gasteiger partial charge in [-0.2, -0.15) is 5.10 Å². The Kier molecular flexibility index (Phi) is 7.35. The molecule has 7 heteroatoms. The van der Waals surface area contributed by atoms with E-state index >= 15 is 0 Å². The number of rotatable bonds is 7. The highest BCUT2D eigenvalue weighted by Crippen LogP contribution is 2.15. The third kappa shape index (κ3) is 6.00. The molecule has 0 radical (unpaired) electrons. The summed E-state index contributed by atoms with van der Waals surface area (Å²) in [5, 5.41) is 6.64. The fraction of sp³-hybridized carbons (Fsp3) is 0.211. The van der Waals surface area contributed by atoms with Crippen molar-refractivity contribution in [1.82, 2.24) is 10.7 Å². The van der Waals surface area contributed by atoms with Gasteiger partial charge in [-0.25, -0.2) is 5.43 Å². The van der Waals surface area contributed by atoms with Crippen LogP contribution in [0.25, 0.3) is 0 Å². The van der Waals surface area contributed by atoms with Crippen LogP contribution >= 0.6 is 15.9 Å². The molecule has 2 N–H and O–H groups in total. The molecular weight excluding hydrogens is 396 g/mol. The van der Waals surface area contributed by atoms with Gasteiger partial charge in [0, 0.05) is 37.2 Å². The number of carbonyl (C=O) groups is 2. The smallest absolute Gasteiger partial charge is 0.252 e. The second kappa shape index (κ2) is 9.72. The maximum atomic E-state index is 12.0. The molecule has 0 unspecified atom stereocenters. The van der Waals surface area contributed by atoms with Crippen molar-refractivity contribution < 1.29 is 9.59 Å². The molecule has 0 saturated carbocycles. The van der Waals surface area contributed by atoms with E-state index in [1.165, 1.54) is 0 Å². The topological polar surface area (TPSA) is 73.8 Å². The van der Waals surface area contributed by atoms with Crippen LogP contribution in [0.3, 0.4) is 0 Å². The Morgan fingerprint density at radius 2 is 1.81 bits per heavy atom. The Bertz CT molecular complexity index is 788. The molecule has 0 aromatic heterocycles. The van der Waals surface area contributed by atoms with Gasteiger partial charge in [-0.05, 0) is 45.8 Å². The minimum atomic E-state index is -0.265. The Morgan fingerprint density at radius 1 is 1.12 bits per heavy atom. The standard InChI is InChI=1S/C19H21BrN4O2/c1-24(2)15-9-7-14(8-10-15)13-22-23-18(25)11-12-21-19(26)16-5-3-4-6-17(16)20/h3-10,13H,11-12H2,1-2H3,(H,21,26)(H,23,25)/b22-13-. The molecule has 0 bridgehead atoms. The Balaban J connectivity index is 1.73. The quantitative estimate of drug-likeness (QED) is 0.538. The molecule has 0 saturated heterocycles. The van der Waals surface area contributed by atoms with E-state index in [1.807, 2.05) is 49.3 Å². The van der Waals surface area contributed by atoms with Crippen LogP contribution in [0.15, 0.2) is 58.1 Å². The molecule has 0 fully saturated rings. The number of hydrazone groups is 1. The summed E-state index contributed by atoms with van der Waals surface area (Å²) in [6, 6.07) is 14.9. The van der Waals surface area contributed by atoms with Crippen molar-refractivity contribution in [2.24, 2.45) is 5.10 Å². The lowest BCUT2D eigenvalue weighted by Crippen LogP contribution is -2.29. The van der Waals surface area contributed by atoms with Gasteiger partial charge in [-0.1, -0.05) is 24.3 Å². The normalized spacial score (nSPS) is 10.6. The van der Waals surface area contributed by atoms with Crippen LogP contribution < -0.4 is 15.6 Å². The van der Waals surface area contributed by atoms with Gasteiger partial charge in [0.2, 0.25) is 5.91 Å². The van der Waals surface area contributed by atoms with Gasteiger partial charge in [0.15, 0.2) is 0 Å². The van der Waals surface area contributed by atoms with E-state index in [-0.39, 0.29) is 24.8 Å². The van der Waals surface area contributed by atoms with Gasteiger partial charge in [0.25, 0.3) is 5.91 Å². The number of nitrogens with zero attached hydrogens (tertiary/aromatic N) is 2. The molecule has 0 aliphatic rings. The van der Waals surface area contributed by atoms with Crippen molar-refractivity contribution in [2.45, 2.75) is 6.42 Å². The van der Waals surface area contributed by atoms with Gasteiger partial charge in [0.05, 0.1) is 11.8 Å². The number of hydrogen-bond acceptors (Lipinski definition) is 4. The first-order valence-corrected chi connectivity index (χ1v) is 8.88. The van der Waals surface area contributed by atoms with E-state index in [0.29, 0.717) is 10.0 Å². The maximum Gasteiger partial charge on any atom is 0.252 e. The highest BCUT2D eigenvalue weighted by Gasteiger charge is 2.09. The molecule has 2 rings (SSSR count). The highest BCUT2D eigenvalue weighted by atomic mass is 79.9. The SMILES string of the molecule is CN(C)c1ccc(/C=N\NC(=O)CCNC(=O)c2ccccc2Br)cc1. The number of hydrogen-bond donors (Lipinski definition) is 2. The summed E-state index contributed by atoms with van der Waals surface area (Å²) in [5.41, 5.74) is 4.96. The second-order valence-corrected chi connectivity index (χ2v) is 6.62. The van der Waals surface area contributed by atoms with Gasteiger partial charge >= 0.3 is 0 Å². The van der Waals surface area contributed by atoms with Crippen LogP contribution in [0.1, 0.15) is 22.3 Å². The lowest BCUT2D eigenvalue weighted by molar-refractivity contribution is -0.120. The maximum absolute atomic E-state index is 12.0. The minimum Gasteiger partial charge on any atom is -0.378 e. The zero-order valence-electron chi connectivity index (χ0n) is 14.7. The number of halogens is 1. The summed E-state index contributed by atoms with van der Waals surface area (Å²) >= 11 is 3.32.